The summed E-state index contributed by atoms with van der Waals surface area (Å²) < 4.78 is 5.08. The second-order valence-electron chi connectivity index (χ2n) is 4.96. The predicted octanol–water partition coefficient (Wildman–Crippen LogP) is 2.21. The maximum atomic E-state index is 11.7. The first kappa shape index (κ1) is 14.4. The van der Waals surface area contributed by atoms with Crippen LogP contribution in [0.2, 0.25) is 0 Å². The maximum absolute atomic E-state index is 11.7. The second-order valence-corrected chi connectivity index (χ2v) is 4.96. The van der Waals surface area contributed by atoms with E-state index in [2.05, 4.69) is 26.1 Å². The maximum Gasteiger partial charge on any atom is 0.222 e. The van der Waals surface area contributed by atoms with E-state index in [4.69, 9.17) is 4.74 Å². The third-order valence-electron chi connectivity index (χ3n) is 3.03. The lowest BCUT2D eigenvalue weighted by Crippen LogP contribution is -2.51. The van der Waals surface area contributed by atoms with Crippen molar-refractivity contribution in [3.05, 3.63) is 0 Å². The van der Waals surface area contributed by atoms with Gasteiger partial charge in [0.25, 0.3) is 0 Å². The third kappa shape index (κ3) is 4.65. The van der Waals surface area contributed by atoms with E-state index in [1.807, 2.05) is 13.8 Å². The normalized spacial score (nSPS) is 15.5. The van der Waals surface area contributed by atoms with Gasteiger partial charge in [-0.3, -0.25) is 4.79 Å². The van der Waals surface area contributed by atoms with Gasteiger partial charge < -0.3 is 10.1 Å². The number of nitrogens with one attached hydrogen (secondary N) is 1. The molecule has 3 nitrogen and oxygen atoms in total. The molecule has 0 aliphatic carbocycles. The van der Waals surface area contributed by atoms with Crippen molar-refractivity contribution in [2.24, 2.45) is 11.8 Å². The van der Waals surface area contributed by atoms with Crippen LogP contribution in [-0.4, -0.2) is 25.2 Å². The Kier molecular flexibility index (Phi) is 5.88. The van der Waals surface area contributed by atoms with Crippen LogP contribution in [0.3, 0.4) is 0 Å². The van der Waals surface area contributed by atoms with Crippen LogP contribution in [0, 0.1) is 11.8 Å². The lowest BCUT2D eigenvalue weighted by molar-refractivity contribution is -0.126. The van der Waals surface area contributed by atoms with Crippen molar-refractivity contribution in [1.82, 2.24) is 5.32 Å². The summed E-state index contributed by atoms with van der Waals surface area (Å²) in [6.45, 7) is 10.8. The molecule has 15 heavy (non-hydrogen) atoms. The Morgan fingerprint density at radius 1 is 1.33 bits per heavy atom. The molecule has 0 radical (unpaired) electrons. The van der Waals surface area contributed by atoms with Gasteiger partial charge in [0.05, 0.1) is 0 Å². The quantitative estimate of drug-likeness (QED) is 0.737. The molecular weight excluding hydrogens is 190 g/mol. The minimum atomic E-state index is -0.169. The molecule has 0 aliphatic rings. The molecule has 0 saturated heterocycles. The number of carbonyl (C=O) groups excluding carboxylic acids is 1. The molecule has 3 heteroatoms. The van der Waals surface area contributed by atoms with Crippen LogP contribution in [0.5, 0.6) is 0 Å². The first-order valence-electron chi connectivity index (χ1n) is 5.64. The first-order valence-corrected chi connectivity index (χ1v) is 5.64. The van der Waals surface area contributed by atoms with Crippen LogP contribution < -0.4 is 5.32 Å². The van der Waals surface area contributed by atoms with Gasteiger partial charge in [-0.15, -0.1) is 0 Å². The summed E-state index contributed by atoms with van der Waals surface area (Å²) in [4.78, 5) is 11.7. The van der Waals surface area contributed by atoms with Gasteiger partial charge in [-0.25, -0.2) is 0 Å². The van der Waals surface area contributed by atoms with Crippen LogP contribution >= 0.6 is 0 Å². The van der Waals surface area contributed by atoms with Crippen molar-refractivity contribution in [3.8, 4) is 0 Å². The van der Waals surface area contributed by atoms with Gasteiger partial charge in [0.2, 0.25) is 5.91 Å². The van der Waals surface area contributed by atoms with Crippen LogP contribution in [0.15, 0.2) is 0 Å². The zero-order valence-corrected chi connectivity index (χ0v) is 10.9. The van der Waals surface area contributed by atoms with Crippen LogP contribution in [0.4, 0.5) is 0 Å². The third-order valence-corrected chi connectivity index (χ3v) is 3.03. The topological polar surface area (TPSA) is 38.3 Å². The molecule has 0 bridgehead atoms. The highest BCUT2D eigenvalue weighted by Crippen LogP contribution is 2.21. The summed E-state index contributed by atoms with van der Waals surface area (Å²) in [5.74, 6) is 0.545. The fourth-order valence-electron chi connectivity index (χ4n) is 1.24. The molecule has 0 heterocycles. The van der Waals surface area contributed by atoms with E-state index in [9.17, 15) is 4.79 Å². The molecule has 1 N–H and O–H groups in total. The van der Waals surface area contributed by atoms with Gasteiger partial charge in [-0.1, -0.05) is 27.7 Å². The van der Waals surface area contributed by atoms with E-state index < -0.39 is 0 Å². The number of carbonyl (C=O) groups is 1. The Labute approximate surface area is 93.6 Å². The van der Waals surface area contributed by atoms with E-state index in [0.717, 1.165) is 6.42 Å². The first-order chi connectivity index (χ1) is 6.83. The number of ether oxygens (including phenoxy) is 1. The highest BCUT2D eigenvalue weighted by atomic mass is 16.5. The molecule has 90 valence electrons. The predicted molar refractivity (Wildman–Crippen MR) is 62.7 cm³/mol. The summed E-state index contributed by atoms with van der Waals surface area (Å²) >= 11 is 0. The number of amides is 1. The standard InChI is InChI=1S/C12H25NO2/c1-9(2)11(14)13-12(5,10(3)4)7-8-15-6/h9-10H,7-8H2,1-6H3,(H,13,14)/t12-/m0/s1. The van der Waals surface area contributed by atoms with Gasteiger partial charge in [0.1, 0.15) is 0 Å². The number of hydrogen-bond acceptors (Lipinski definition) is 2. The Morgan fingerprint density at radius 3 is 2.20 bits per heavy atom. The van der Waals surface area contributed by atoms with E-state index in [0.29, 0.717) is 12.5 Å². The van der Waals surface area contributed by atoms with Crippen molar-refractivity contribution in [1.29, 1.82) is 0 Å². The molecule has 1 atom stereocenters. The molecule has 0 spiro atoms. The highest BCUT2D eigenvalue weighted by molar-refractivity contribution is 5.78. The van der Waals surface area contributed by atoms with Crippen molar-refractivity contribution in [2.75, 3.05) is 13.7 Å². The Balaban J connectivity index is 4.44. The summed E-state index contributed by atoms with van der Waals surface area (Å²) in [6, 6.07) is 0. The molecule has 0 aromatic rings. The van der Waals surface area contributed by atoms with Crippen molar-refractivity contribution < 1.29 is 9.53 Å². The highest BCUT2D eigenvalue weighted by Gasteiger charge is 2.30. The van der Waals surface area contributed by atoms with Gasteiger partial charge >= 0.3 is 0 Å². The van der Waals surface area contributed by atoms with E-state index in [1.165, 1.54) is 0 Å². The molecule has 0 fully saturated rings. The molecule has 0 unspecified atom stereocenters. The lowest BCUT2D eigenvalue weighted by atomic mass is 9.85. The molecule has 0 aliphatic heterocycles. The summed E-state index contributed by atoms with van der Waals surface area (Å²) in [6.07, 6.45) is 0.847. The smallest absolute Gasteiger partial charge is 0.222 e. The summed E-state index contributed by atoms with van der Waals surface area (Å²) in [5, 5.41) is 3.11. The fraction of sp³-hybridized carbons (Fsp3) is 0.917. The summed E-state index contributed by atoms with van der Waals surface area (Å²) in [7, 11) is 1.69. The van der Waals surface area contributed by atoms with Crippen LogP contribution in [0.1, 0.15) is 41.0 Å². The average Bonchev–Trinajstić information content (AvgIpc) is 2.14. The molecule has 1 amide bonds. The Morgan fingerprint density at radius 2 is 1.87 bits per heavy atom. The average molecular weight is 215 g/mol. The fourth-order valence-corrected chi connectivity index (χ4v) is 1.24. The van der Waals surface area contributed by atoms with E-state index in [-0.39, 0.29) is 17.4 Å². The van der Waals surface area contributed by atoms with E-state index >= 15 is 0 Å². The zero-order chi connectivity index (χ0) is 12.1. The van der Waals surface area contributed by atoms with Gasteiger partial charge in [-0.2, -0.15) is 0 Å². The van der Waals surface area contributed by atoms with Crippen molar-refractivity contribution >= 4 is 5.91 Å². The largest absolute Gasteiger partial charge is 0.385 e. The second kappa shape index (κ2) is 6.11. The molecule has 0 saturated carbocycles. The lowest BCUT2D eigenvalue weighted by Gasteiger charge is -2.35. The van der Waals surface area contributed by atoms with E-state index in [1.54, 1.807) is 7.11 Å². The number of hydrogen-bond donors (Lipinski definition) is 1. The monoisotopic (exact) mass is 215 g/mol. The minimum absolute atomic E-state index is 0.0330. The molecular formula is C12H25NO2. The number of rotatable bonds is 6. The summed E-state index contributed by atoms with van der Waals surface area (Å²) in [5.41, 5.74) is -0.169. The zero-order valence-electron chi connectivity index (χ0n) is 10.9. The van der Waals surface area contributed by atoms with Gasteiger partial charge in [0.15, 0.2) is 0 Å². The van der Waals surface area contributed by atoms with Crippen LogP contribution in [-0.2, 0) is 9.53 Å². The molecule has 0 rings (SSSR count). The van der Waals surface area contributed by atoms with Crippen LogP contribution in [0.25, 0.3) is 0 Å². The molecule has 0 aromatic heterocycles. The van der Waals surface area contributed by atoms with Gasteiger partial charge in [-0.05, 0) is 19.3 Å². The Hall–Kier alpha value is -0.570. The molecule has 0 aromatic carbocycles. The SMILES string of the molecule is COCC[C@](C)(NC(=O)C(C)C)C(C)C. The van der Waals surface area contributed by atoms with Crippen molar-refractivity contribution in [3.63, 3.8) is 0 Å². The minimum Gasteiger partial charge on any atom is -0.385 e. The van der Waals surface area contributed by atoms with Gasteiger partial charge in [0, 0.05) is 25.2 Å². The number of methoxy groups -OCH3 is 1. The van der Waals surface area contributed by atoms with Crippen molar-refractivity contribution in [2.45, 2.75) is 46.6 Å². The Bertz CT molecular complexity index is 202.